The van der Waals surface area contributed by atoms with E-state index in [0.717, 1.165) is 33.3 Å². The predicted molar refractivity (Wildman–Crippen MR) is 88.0 cm³/mol. The summed E-state index contributed by atoms with van der Waals surface area (Å²) in [6, 6.07) is 14.0. The normalized spacial score (nSPS) is 20.1. The Morgan fingerprint density at radius 1 is 1.05 bits per heavy atom. The molecular formula is C19H17NO2. The van der Waals surface area contributed by atoms with E-state index in [2.05, 4.69) is 23.2 Å². The highest BCUT2D eigenvalue weighted by Gasteiger charge is 2.28. The molecule has 1 aromatic heterocycles. The summed E-state index contributed by atoms with van der Waals surface area (Å²) in [7, 11) is 1.65. The largest absolute Gasteiger partial charge is 0.496 e. The molecule has 1 aliphatic carbocycles. The molecule has 0 unspecified atom stereocenters. The van der Waals surface area contributed by atoms with E-state index >= 15 is 0 Å². The highest BCUT2D eigenvalue weighted by molar-refractivity contribution is 5.84. The van der Waals surface area contributed by atoms with E-state index in [1.165, 1.54) is 0 Å². The monoisotopic (exact) mass is 291 g/mol. The van der Waals surface area contributed by atoms with E-state index in [0.29, 0.717) is 0 Å². The van der Waals surface area contributed by atoms with E-state index < -0.39 is 6.10 Å². The number of nitrogens with one attached hydrogen (secondary N) is 1. The van der Waals surface area contributed by atoms with Crippen LogP contribution in [0.1, 0.15) is 28.7 Å². The fourth-order valence-corrected chi connectivity index (χ4v) is 3.32. The lowest BCUT2D eigenvalue weighted by atomic mass is 9.82. The van der Waals surface area contributed by atoms with Gasteiger partial charge in [0.05, 0.1) is 13.2 Å². The number of hydrogen-bond donors (Lipinski definition) is 2. The molecule has 0 spiro atoms. The van der Waals surface area contributed by atoms with Crippen molar-refractivity contribution in [2.24, 2.45) is 0 Å². The SMILES string of the molecule is COc1cccc2c1C=C[C@H](c1c[nH]c3ccccc13)[C@H]2O. The number of para-hydroxylation sites is 1. The van der Waals surface area contributed by atoms with E-state index in [4.69, 9.17) is 4.74 Å². The molecule has 1 aliphatic rings. The number of aromatic amines is 1. The van der Waals surface area contributed by atoms with Crippen LogP contribution in [0.25, 0.3) is 17.0 Å². The Morgan fingerprint density at radius 2 is 1.91 bits per heavy atom. The maximum Gasteiger partial charge on any atom is 0.126 e. The first-order valence-electron chi connectivity index (χ1n) is 7.39. The van der Waals surface area contributed by atoms with Crippen molar-refractivity contribution in [3.8, 4) is 5.75 Å². The lowest BCUT2D eigenvalue weighted by molar-refractivity contribution is 0.160. The molecule has 4 rings (SSSR count). The van der Waals surface area contributed by atoms with Crippen molar-refractivity contribution >= 4 is 17.0 Å². The Bertz CT molecular complexity index is 863. The van der Waals surface area contributed by atoms with Gasteiger partial charge >= 0.3 is 0 Å². The van der Waals surface area contributed by atoms with Gasteiger partial charge in [-0.05, 0) is 23.3 Å². The van der Waals surface area contributed by atoms with Gasteiger partial charge in [-0.1, -0.05) is 42.5 Å². The van der Waals surface area contributed by atoms with Crippen LogP contribution >= 0.6 is 0 Å². The Morgan fingerprint density at radius 3 is 2.77 bits per heavy atom. The number of ether oxygens (including phenoxy) is 1. The average Bonchev–Trinajstić information content (AvgIpc) is 2.99. The lowest BCUT2D eigenvalue weighted by Gasteiger charge is -2.26. The number of rotatable bonds is 2. The number of aromatic nitrogens is 1. The third-order valence-corrected chi connectivity index (χ3v) is 4.43. The van der Waals surface area contributed by atoms with Gasteiger partial charge < -0.3 is 14.8 Å². The molecule has 22 heavy (non-hydrogen) atoms. The molecule has 2 N–H and O–H groups in total. The second-order valence-electron chi connectivity index (χ2n) is 5.58. The Balaban J connectivity index is 1.83. The molecule has 0 saturated carbocycles. The highest BCUT2D eigenvalue weighted by atomic mass is 16.5. The molecule has 0 bridgehead atoms. The summed E-state index contributed by atoms with van der Waals surface area (Å²) < 4.78 is 5.39. The molecule has 2 aromatic carbocycles. The summed E-state index contributed by atoms with van der Waals surface area (Å²) in [5, 5.41) is 12.0. The quantitative estimate of drug-likeness (QED) is 0.749. The number of fused-ring (bicyclic) bond motifs is 2. The van der Waals surface area contributed by atoms with Crippen LogP contribution in [0.5, 0.6) is 5.75 Å². The topological polar surface area (TPSA) is 45.2 Å². The van der Waals surface area contributed by atoms with Gasteiger partial charge in [0.1, 0.15) is 5.75 Å². The Labute approximate surface area is 128 Å². The van der Waals surface area contributed by atoms with Gasteiger partial charge in [0.2, 0.25) is 0 Å². The number of benzene rings is 2. The maximum atomic E-state index is 10.9. The summed E-state index contributed by atoms with van der Waals surface area (Å²) >= 11 is 0. The zero-order chi connectivity index (χ0) is 15.1. The summed E-state index contributed by atoms with van der Waals surface area (Å²) in [6.07, 6.45) is 5.53. The second-order valence-corrected chi connectivity index (χ2v) is 5.58. The molecule has 3 aromatic rings. The van der Waals surface area contributed by atoms with Crippen molar-refractivity contribution in [1.29, 1.82) is 0 Å². The molecule has 3 nitrogen and oxygen atoms in total. The molecule has 0 fully saturated rings. The first kappa shape index (κ1) is 13.2. The van der Waals surface area contributed by atoms with Crippen molar-refractivity contribution in [2.75, 3.05) is 7.11 Å². The molecular weight excluding hydrogens is 274 g/mol. The van der Waals surface area contributed by atoms with Gasteiger partial charge in [0, 0.05) is 28.6 Å². The molecule has 0 amide bonds. The van der Waals surface area contributed by atoms with Gasteiger partial charge in [-0.25, -0.2) is 0 Å². The molecule has 110 valence electrons. The Hall–Kier alpha value is -2.52. The molecule has 3 heteroatoms. The standard InChI is InChI=1S/C19H17NO2/c1-22-18-8-4-6-14-13(18)9-10-15(19(14)21)16-11-20-17-7-3-2-5-12(16)17/h2-11,15,19-21H,1H3/t15-,19+/m1/s1. The minimum atomic E-state index is -0.575. The molecule has 0 saturated heterocycles. The summed E-state index contributed by atoms with van der Waals surface area (Å²) in [5.74, 6) is 0.737. The lowest BCUT2D eigenvalue weighted by Crippen LogP contribution is -2.13. The summed E-state index contributed by atoms with van der Waals surface area (Å²) in [6.45, 7) is 0. The third-order valence-electron chi connectivity index (χ3n) is 4.43. The molecule has 0 radical (unpaired) electrons. The number of methoxy groups -OCH3 is 1. The summed E-state index contributed by atoms with van der Waals surface area (Å²) in [5.41, 5.74) is 4.09. The first-order chi connectivity index (χ1) is 10.8. The van der Waals surface area contributed by atoms with Gasteiger partial charge in [-0.2, -0.15) is 0 Å². The molecule has 1 heterocycles. The Kier molecular flexibility index (Phi) is 3.01. The maximum absolute atomic E-state index is 10.9. The average molecular weight is 291 g/mol. The van der Waals surface area contributed by atoms with E-state index in [-0.39, 0.29) is 5.92 Å². The van der Waals surface area contributed by atoms with Crippen LogP contribution in [0.2, 0.25) is 0 Å². The smallest absolute Gasteiger partial charge is 0.126 e. The number of hydrogen-bond acceptors (Lipinski definition) is 2. The zero-order valence-corrected chi connectivity index (χ0v) is 12.3. The first-order valence-corrected chi connectivity index (χ1v) is 7.39. The van der Waals surface area contributed by atoms with Crippen LogP contribution in [0.4, 0.5) is 0 Å². The molecule has 0 aliphatic heterocycles. The minimum Gasteiger partial charge on any atom is -0.496 e. The van der Waals surface area contributed by atoms with Crippen molar-refractivity contribution in [1.82, 2.24) is 4.98 Å². The highest BCUT2D eigenvalue weighted by Crippen LogP contribution is 2.43. The van der Waals surface area contributed by atoms with E-state index in [1.54, 1.807) is 7.11 Å². The third kappa shape index (κ3) is 1.86. The zero-order valence-electron chi connectivity index (χ0n) is 12.3. The van der Waals surface area contributed by atoms with Gasteiger partial charge in [-0.3, -0.25) is 0 Å². The van der Waals surface area contributed by atoms with Gasteiger partial charge in [0.25, 0.3) is 0 Å². The van der Waals surface area contributed by atoms with Crippen LogP contribution in [0.3, 0.4) is 0 Å². The van der Waals surface area contributed by atoms with Crippen LogP contribution in [0.15, 0.2) is 54.7 Å². The fourth-order valence-electron chi connectivity index (χ4n) is 3.32. The van der Waals surface area contributed by atoms with E-state index in [9.17, 15) is 5.11 Å². The second kappa shape index (κ2) is 5.04. The van der Waals surface area contributed by atoms with Crippen LogP contribution in [-0.2, 0) is 0 Å². The van der Waals surface area contributed by atoms with Gasteiger partial charge in [0.15, 0.2) is 0 Å². The van der Waals surface area contributed by atoms with E-state index in [1.807, 2.05) is 42.6 Å². The van der Waals surface area contributed by atoms with Crippen molar-refractivity contribution in [3.05, 3.63) is 71.4 Å². The number of aliphatic hydroxyl groups is 1. The van der Waals surface area contributed by atoms with Gasteiger partial charge in [-0.15, -0.1) is 0 Å². The predicted octanol–water partition coefficient (Wildman–Crippen LogP) is 4.02. The number of H-pyrrole nitrogens is 1. The molecule has 2 atom stereocenters. The van der Waals surface area contributed by atoms with Crippen molar-refractivity contribution in [3.63, 3.8) is 0 Å². The van der Waals surface area contributed by atoms with Crippen LogP contribution in [-0.4, -0.2) is 17.2 Å². The van der Waals surface area contributed by atoms with Crippen LogP contribution < -0.4 is 4.74 Å². The van der Waals surface area contributed by atoms with Crippen molar-refractivity contribution in [2.45, 2.75) is 12.0 Å². The number of aliphatic hydroxyl groups excluding tert-OH is 1. The van der Waals surface area contributed by atoms with Crippen molar-refractivity contribution < 1.29 is 9.84 Å². The van der Waals surface area contributed by atoms with Crippen LogP contribution in [0, 0.1) is 0 Å². The summed E-state index contributed by atoms with van der Waals surface area (Å²) in [4.78, 5) is 3.28. The minimum absolute atomic E-state index is 0.0595. The fraction of sp³-hybridized carbons (Fsp3) is 0.158.